The molecule has 1 heterocycles. The number of ether oxygens (including phenoxy) is 1. The molecule has 0 saturated heterocycles. The second-order valence-corrected chi connectivity index (χ2v) is 10.00. The fourth-order valence-corrected chi connectivity index (χ4v) is 4.28. The number of hydrogen-bond acceptors (Lipinski definition) is 9. The summed E-state index contributed by atoms with van der Waals surface area (Å²) in [6.45, 7) is -0.847. The first-order valence-corrected chi connectivity index (χ1v) is 13.0. The SMILES string of the molecule is CC(=O)N(NCc1cccc(F)c1Cl)[C@](O)(CCC[C@@](N)(CO)C(=O)O)COC(=O)Nc1cc2cc(F)ccc2cn1. The normalized spacial score (nSPS) is 14.1. The number of carboxylic acids is 1. The highest BCUT2D eigenvalue weighted by Crippen LogP contribution is 2.25. The summed E-state index contributed by atoms with van der Waals surface area (Å²) in [6, 6.07) is 9.44. The highest BCUT2D eigenvalue weighted by molar-refractivity contribution is 6.31. The molecule has 0 unspecified atom stereocenters. The van der Waals surface area contributed by atoms with Crippen LogP contribution in [0, 0.1) is 11.6 Å². The fraction of sp³-hybridized carbons (Fsp3) is 0.333. The zero-order valence-corrected chi connectivity index (χ0v) is 23.2. The van der Waals surface area contributed by atoms with E-state index in [4.69, 9.17) is 22.1 Å². The number of aliphatic hydroxyl groups is 2. The highest BCUT2D eigenvalue weighted by atomic mass is 35.5. The molecule has 7 N–H and O–H groups in total. The average molecular weight is 610 g/mol. The van der Waals surface area contributed by atoms with Gasteiger partial charge in [-0.1, -0.05) is 23.7 Å². The number of fused-ring (bicyclic) bond motifs is 1. The number of hydrazine groups is 1. The van der Waals surface area contributed by atoms with Crippen LogP contribution in [0.25, 0.3) is 10.8 Å². The first-order valence-electron chi connectivity index (χ1n) is 12.6. The molecular weight excluding hydrogens is 580 g/mol. The zero-order chi connectivity index (χ0) is 31.1. The molecule has 3 aromatic rings. The molecule has 1 aromatic heterocycles. The lowest BCUT2D eigenvalue weighted by Gasteiger charge is -2.39. The third-order valence-electron chi connectivity index (χ3n) is 6.45. The minimum Gasteiger partial charge on any atom is -0.480 e. The summed E-state index contributed by atoms with van der Waals surface area (Å²) >= 11 is 6.00. The van der Waals surface area contributed by atoms with Gasteiger partial charge in [-0.05, 0) is 54.1 Å². The van der Waals surface area contributed by atoms with Crippen molar-refractivity contribution in [3.8, 4) is 0 Å². The lowest BCUT2D eigenvalue weighted by atomic mass is 9.92. The van der Waals surface area contributed by atoms with E-state index < -0.39 is 54.1 Å². The summed E-state index contributed by atoms with van der Waals surface area (Å²) in [4.78, 5) is 40.8. The van der Waals surface area contributed by atoms with Crippen molar-refractivity contribution in [3.63, 3.8) is 0 Å². The molecule has 0 aliphatic rings. The number of halogens is 3. The molecule has 0 aliphatic heterocycles. The lowest BCUT2D eigenvalue weighted by Crippen LogP contribution is -2.60. The maximum absolute atomic E-state index is 13.9. The Morgan fingerprint density at radius 1 is 1.14 bits per heavy atom. The molecular formula is C27H30ClF2N5O7. The van der Waals surface area contributed by atoms with Crippen LogP contribution >= 0.6 is 11.6 Å². The van der Waals surface area contributed by atoms with E-state index in [1.54, 1.807) is 0 Å². The van der Waals surface area contributed by atoms with Gasteiger partial charge >= 0.3 is 12.1 Å². The van der Waals surface area contributed by atoms with Crippen LogP contribution < -0.4 is 16.5 Å². The van der Waals surface area contributed by atoms with Crippen molar-refractivity contribution in [2.45, 2.75) is 44.0 Å². The number of aliphatic carboxylic acids is 1. The molecule has 12 nitrogen and oxygen atoms in total. The van der Waals surface area contributed by atoms with Crippen molar-refractivity contribution in [2.24, 2.45) is 5.73 Å². The number of hydrogen-bond donors (Lipinski definition) is 6. The number of benzene rings is 2. The Morgan fingerprint density at radius 3 is 2.55 bits per heavy atom. The standard InChI is InChI=1S/C27H30ClF2N5O7/c1-16(37)35(33-13-18-4-2-5-21(30)23(18)28)27(41,9-3-8-26(31,14-36)24(38)39)15-42-25(40)34-22-11-19-10-20(29)7-6-17(19)12-32-22/h2,4-7,10-12,33,36,41H,3,8-9,13-15,31H2,1H3,(H,38,39)(H,32,34,40)/t26-,27+/m1/s1. The lowest BCUT2D eigenvalue weighted by molar-refractivity contribution is -0.184. The van der Waals surface area contributed by atoms with Gasteiger partial charge in [0.05, 0.1) is 11.6 Å². The van der Waals surface area contributed by atoms with E-state index in [9.17, 15) is 38.5 Å². The van der Waals surface area contributed by atoms with Crippen LogP contribution in [0.5, 0.6) is 0 Å². The smallest absolute Gasteiger partial charge is 0.412 e. The van der Waals surface area contributed by atoms with E-state index in [1.807, 2.05) is 0 Å². The summed E-state index contributed by atoms with van der Waals surface area (Å²) in [5, 5.41) is 34.3. The van der Waals surface area contributed by atoms with Gasteiger partial charge < -0.3 is 25.8 Å². The largest absolute Gasteiger partial charge is 0.480 e. The number of carboxylic acid groups (broad SMARTS) is 1. The molecule has 0 bridgehead atoms. The maximum atomic E-state index is 13.9. The Bertz CT molecular complexity index is 1470. The van der Waals surface area contributed by atoms with E-state index in [0.717, 1.165) is 18.0 Å². The summed E-state index contributed by atoms with van der Waals surface area (Å²) in [5.74, 6) is -3.40. The van der Waals surface area contributed by atoms with E-state index in [0.29, 0.717) is 10.8 Å². The van der Waals surface area contributed by atoms with Crippen molar-refractivity contribution < 1.29 is 43.2 Å². The zero-order valence-electron chi connectivity index (χ0n) is 22.4. The van der Waals surface area contributed by atoms with Gasteiger partial charge in [-0.15, -0.1) is 0 Å². The van der Waals surface area contributed by atoms with Crippen LogP contribution in [-0.2, 0) is 20.9 Å². The molecule has 0 aliphatic carbocycles. The fourth-order valence-electron chi connectivity index (χ4n) is 4.09. The molecule has 15 heteroatoms. The number of aliphatic hydroxyl groups excluding tert-OH is 1. The van der Waals surface area contributed by atoms with Crippen molar-refractivity contribution in [1.29, 1.82) is 0 Å². The Labute approximate surface area is 244 Å². The molecule has 2 amide bonds. The van der Waals surface area contributed by atoms with Gasteiger partial charge in [0, 0.05) is 31.5 Å². The number of amides is 2. The Hall–Kier alpha value is -3.95. The van der Waals surface area contributed by atoms with E-state index in [1.165, 1.54) is 42.6 Å². The second kappa shape index (κ2) is 13.8. The number of carbonyl (C=O) groups is 3. The third kappa shape index (κ3) is 8.08. The minimum absolute atomic E-state index is 0.0151. The van der Waals surface area contributed by atoms with Crippen LogP contribution in [0.3, 0.4) is 0 Å². The van der Waals surface area contributed by atoms with Crippen molar-refractivity contribution in [2.75, 3.05) is 18.5 Å². The van der Waals surface area contributed by atoms with Crippen LogP contribution in [0.15, 0.2) is 48.7 Å². The van der Waals surface area contributed by atoms with Gasteiger partial charge in [-0.3, -0.25) is 14.9 Å². The first kappa shape index (κ1) is 32.6. The number of aromatic nitrogens is 1. The molecule has 3 rings (SSSR count). The summed E-state index contributed by atoms with van der Waals surface area (Å²) in [5.41, 5.74) is 4.32. The van der Waals surface area contributed by atoms with Crippen molar-refractivity contribution in [1.82, 2.24) is 15.4 Å². The third-order valence-corrected chi connectivity index (χ3v) is 6.87. The second-order valence-electron chi connectivity index (χ2n) is 9.62. The monoisotopic (exact) mass is 609 g/mol. The molecule has 0 radical (unpaired) electrons. The average Bonchev–Trinajstić information content (AvgIpc) is 2.93. The predicted molar refractivity (Wildman–Crippen MR) is 148 cm³/mol. The molecule has 2 aromatic carbocycles. The molecule has 42 heavy (non-hydrogen) atoms. The van der Waals surface area contributed by atoms with Gasteiger partial charge in [0.1, 0.15) is 29.6 Å². The van der Waals surface area contributed by atoms with Gasteiger partial charge in [0.25, 0.3) is 0 Å². The topological polar surface area (TPSA) is 187 Å². The molecule has 0 spiro atoms. The van der Waals surface area contributed by atoms with Gasteiger partial charge in [0.15, 0.2) is 5.72 Å². The van der Waals surface area contributed by atoms with Crippen molar-refractivity contribution in [3.05, 3.63) is 70.9 Å². The Balaban J connectivity index is 1.79. The predicted octanol–water partition coefficient (Wildman–Crippen LogP) is 2.90. The molecule has 226 valence electrons. The highest BCUT2D eigenvalue weighted by Gasteiger charge is 2.40. The quantitative estimate of drug-likeness (QED) is 0.124. The van der Waals surface area contributed by atoms with Crippen molar-refractivity contribution >= 4 is 46.2 Å². The van der Waals surface area contributed by atoms with E-state index in [2.05, 4.69) is 15.7 Å². The Kier molecular flexibility index (Phi) is 10.7. The molecule has 0 fully saturated rings. The number of nitrogens with one attached hydrogen (secondary N) is 2. The van der Waals surface area contributed by atoms with Gasteiger partial charge in [-0.2, -0.15) is 0 Å². The first-order chi connectivity index (χ1) is 19.8. The number of pyridine rings is 1. The van der Waals surface area contributed by atoms with Gasteiger partial charge in [-0.25, -0.2) is 29.0 Å². The molecule has 0 saturated carbocycles. The van der Waals surface area contributed by atoms with Crippen LogP contribution in [0.1, 0.15) is 31.7 Å². The number of nitrogens with zero attached hydrogens (tertiary/aromatic N) is 2. The van der Waals surface area contributed by atoms with E-state index >= 15 is 0 Å². The number of carbonyl (C=O) groups excluding carboxylic acids is 2. The van der Waals surface area contributed by atoms with E-state index in [-0.39, 0.29) is 42.2 Å². The molecule has 2 atom stereocenters. The van der Waals surface area contributed by atoms with Gasteiger partial charge in [0.2, 0.25) is 5.91 Å². The van der Waals surface area contributed by atoms with Crippen LogP contribution in [0.4, 0.5) is 19.4 Å². The number of nitrogens with two attached hydrogens (primary N) is 1. The number of rotatable bonds is 13. The minimum atomic E-state index is -2.28. The Morgan fingerprint density at radius 2 is 1.88 bits per heavy atom. The maximum Gasteiger partial charge on any atom is 0.412 e. The van der Waals surface area contributed by atoms with Crippen LogP contribution in [-0.4, -0.2) is 67.8 Å². The summed E-state index contributed by atoms with van der Waals surface area (Å²) in [7, 11) is 0. The summed E-state index contributed by atoms with van der Waals surface area (Å²) < 4.78 is 32.7. The number of anilines is 1. The summed E-state index contributed by atoms with van der Waals surface area (Å²) in [6.07, 6.45) is -0.505. The van der Waals surface area contributed by atoms with Crippen LogP contribution in [0.2, 0.25) is 5.02 Å².